The van der Waals surface area contributed by atoms with E-state index in [0.717, 1.165) is 25.9 Å². The monoisotopic (exact) mass is 366 g/mol. The highest BCUT2D eigenvalue weighted by Crippen LogP contribution is 2.27. The smallest absolute Gasteiger partial charge is 0.248 e. The fourth-order valence-electron chi connectivity index (χ4n) is 3.95. The number of hydrogen-bond acceptors (Lipinski definition) is 5. The van der Waals surface area contributed by atoms with Gasteiger partial charge in [0.05, 0.1) is 17.5 Å². The molecule has 0 unspecified atom stereocenters. The second kappa shape index (κ2) is 7.85. The van der Waals surface area contributed by atoms with Gasteiger partial charge in [-0.3, -0.25) is 9.69 Å². The van der Waals surface area contributed by atoms with Crippen LogP contribution in [0.15, 0.2) is 30.3 Å². The summed E-state index contributed by atoms with van der Waals surface area (Å²) in [7, 11) is -1.61. The fourth-order valence-corrected chi connectivity index (χ4v) is 5.96. The molecule has 2 heterocycles. The van der Waals surface area contributed by atoms with Crippen LogP contribution in [0.2, 0.25) is 0 Å². The first kappa shape index (κ1) is 18.4. The fraction of sp³-hybridized carbons (Fsp3) is 0.611. The number of ether oxygens (including phenoxy) is 1. The maximum Gasteiger partial charge on any atom is 0.248 e. The summed E-state index contributed by atoms with van der Waals surface area (Å²) in [6.45, 7) is 2.17. The lowest BCUT2D eigenvalue weighted by atomic mass is 10.0. The Hall–Kier alpha value is -1.44. The van der Waals surface area contributed by atoms with E-state index in [9.17, 15) is 13.2 Å². The summed E-state index contributed by atoms with van der Waals surface area (Å²) in [6.07, 6.45) is 1.97. The Kier molecular flexibility index (Phi) is 5.76. The maximum absolute atomic E-state index is 12.2. The lowest BCUT2D eigenvalue weighted by Gasteiger charge is -2.44. The Morgan fingerprint density at radius 2 is 1.88 bits per heavy atom. The van der Waals surface area contributed by atoms with Gasteiger partial charge in [-0.1, -0.05) is 30.3 Å². The third kappa shape index (κ3) is 4.40. The van der Waals surface area contributed by atoms with Gasteiger partial charge in [0.2, 0.25) is 5.91 Å². The first-order valence-corrected chi connectivity index (χ1v) is 10.6. The molecule has 0 aliphatic carbocycles. The topological polar surface area (TPSA) is 66.9 Å². The van der Waals surface area contributed by atoms with Crippen LogP contribution >= 0.6 is 0 Å². The molecule has 0 spiro atoms. The number of hydrogen-bond donors (Lipinski definition) is 0. The van der Waals surface area contributed by atoms with Gasteiger partial charge in [-0.2, -0.15) is 0 Å². The normalized spacial score (nSPS) is 25.7. The van der Waals surface area contributed by atoms with Crippen LogP contribution in [0.5, 0.6) is 0 Å². The summed E-state index contributed by atoms with van der Waals surface area (Å²) in [5.74, 6) is 0.112. The Bertz CT molecular complexity index is 692. The summed E-state index contributed by atoms with van der Waals surface area (Å²) >= 11 is 0. The molecule has 2 atom stereocenters. The predicted molar refractivity (Wildman–Crippen MR) is 96.2 cm³/mol. The van der Waals surface area contributed by atoms with Gasteiger partial charge < -0.3 is 9.64 Å². The van der Waals surface area contributed by atoms with Crippen molar-refractivity contribution in [3.05, 3.63) is 35.9 Å². The summed E-state index contributed by atoms with van der Waals surface area (Å²) in [4.78, 5) is 16.2. The highest BCUT2D eigenvalue weighted by molar-refractivity contribution is 7.91. The standard InChI is InChI=1S/C18H26N2O4S/c1-24-12-18(21)20-11-10-19(16-13-25(22,23)14-17(16)20)9-5-8-15-6-3-2-4-7-15/h2-4,6-7,16-17H,5,8-14H2,1H3/t16-,17+/m0/s1. The van der Waals surface area contributed by atoms with Crippen molar-refractivity contribution in [2.75, 3.05) is 44.9 Å². The third-order valence-electron chi connectivity index (χ3n) is 5.13. The molecule has 0 aromatic heterocycles. The molecule has 2 aliphatic rings. The molecule has 6 nitrogen and oxygen atoms in total. The van der Waals surface area contributed by atoms with Gasteiger partial charge >= 0.3 is 0 Å². The number of piperazine rings is 1. The molecule has 0 radical (unpaired) electrons. The number of rotatable bonds is 6. The number of benzene rings is 1. The molecule has 0 bridgehead atoms. The first-order valence-electron chi connectivity index (χ1n) is 8.77. The quantitative estimate of drug-likeness (QED) is 0.737. The molecule has 0 N–H and O–H groups in total. The van der Waals surface area contributed by atoms with Gasteiger partial charge in [0.1, 0.15) is 6.61 Å². The van der Waals surface area contributed by atoms with Crippen LogP contribution < -0.4 is 0 Å². The van der Waals surface area contributed by atoms with Gasteiger partial charge in [0.25, 0.3) is 0 Å². The molecule has 1 amide bonds. The molecule has 138 valence electrons. The lowest BCUT2D eigenvalue weighted by Crippen LogP contribution is -2.61. The first-order chi connectivity index (χ1) is 12.0. The minimum absolute atomic E-state index is 0.0112. The van der Waals surface area contributed by atoms with E-state index in [2.05, 4.69) is 17.0 Å². The SMILES string of the molecule is COCC(=O)N1CCN(CCCc2ccccc2)[C@H]2CS(=O)(=O)C[C@H]21. The molecule has 1 aromatic carbocycles. The predicted octanol–water partition coefficient (Wildman–Crippen LogP) is 0.575. The van der Waals surface area contributed by atoms with Crippen molar-refractivity contribution >= 4 is 15.7 Å². The molecule has 2 fully saturated rings. The van der Waals surface area contributed by atoms with Crippen molar-refractivity contribution in [2.45, 2.75) is 24.9 Å². The van der Waals surface area contributed by atoms with Crippen LogP contribution in [0.3, 0.4) is 0 Å². The lowest BCUT2D eigenvalue weighted by molar-refractivity contribution is -0.140. The third-order valence-corrected chi connectivity index (χ3v) is 6.83. The maximum atomic E-state index is 12.2. The zero-order valence-corrected chi connectivity index (χ0v) is 15.5. The minimum Gasteiger partial charge on any atom is -0.375 e. The Morgan fingerprint density at radius 3 is 2.60 bits per heavy atom. The van der Waals surface area contributed by atoms with Crippen LogP contribution in [0.25, 0.3) is 0 Å². The number of aryl methyl sites for hydroxylation is 1. The van der Waals surface area contributed by atoms with Crippen molar-refractivity contribution in [3.63, 3.8) is 0 Å². The molecule has 7 heteroatoms. The number of amides is 1. The van der Waals surface area contributed by atoms with Crippen molar-refractivity contribution in [2.24, 2.45) is 0 Å². The molecular weight excluding hydrogens is 340 g/mol. The average Bonchev–Trinajstić information content (AvgIpc) is 2.91. The molecule has 1 aromatic rings. The Labute approximate surface area is 149 Å². The van der Waals surface area contributed by atoms with E-state index in [0.29, 0.717) is 6.54 Å². The van der Waals surface area contributed by atoms with Crippen LogP contribution in [0, 0.1) is 0 Å². The average molecular weight is 366 g/mol. The second-order valence-electron chi connectivity index (χ2n) is 6.86. The number of methoxy groups -OCH3 is 1. The van der Waals surface area contributed by atoms with E-state index in [1.165, 1.54) is 12.7 Å². The zero-order chi connectivity index (χ0) is 17.9. The van der Waals surface area contributed by atoms with Gasteiger partial charge in [0, 0.05) is 26.2 Å². The van der Waals surface area contributed by atoms with Crippen molar-refractivity contribution < 1.29 is 17.9 Å². The number of sulfone groups is 1. The Morgan fingerprint density at radius 1 is 1.16 bits per heavy atom. The highest BCUT2D eigenvalue weighted by atomic mass is 32.2. The van der Waals surface area contributed by atoms with Crippen molar-refractivity contribution in [3.8, 4) is 0 Å². The van der Waals surface area contributed by atoms with Crippen LogP contribution in [0.4, 0.5) is 0 Å². The highest BCUT2D eigenvalue weighted by Gasteiger charge is 2.47. The number of carbonyl (C=O) groups excluding carboxylic acids is 1. The Balaban J connectivity index is 1.63. The van der Waals surface area contributed by atoms with Crippen LogP contribution in [-0.2, 0) is 25.8 Å². The molecule has 0 saturated carbocycles. The van der Waals surface area contributed by atoms with E-state index in [1.807, 2.05) is 18.2 Å². The zero-order valence-electron chi connectivity index (χ0n) is 14.6. The molecular formula is C18H26N2O4S. The molecule has 3 rings (SSSR count). The van der Waals surface area contributed by atoms with E-state index >= 15 is 0 Å². The molecule has 2 aliphatic heterocycles. The summed E-state index contributed by atoms with van der Waals surface area (Å²) in [5, 5.41) is 0. The van der Waals surface area contributed by atoms with Crippen molar-refractivity contribution in [1.82, 2.24) is 9.80 Å². The number of carbonyl (C=O) groups is 1. The van der Waals surface area contributed by atoms with E-state index in [4.69, 9.17) is 4.74 Å². The van der Waals surface area contributed by atoms with Gasteiger partial charge in [-0.15, -0.1) is 0 Å². The summed E-state index contributed by atoms with van der Waals surface area (Å²) in [5.41, 5.74) is 1.30. The van der Waals surface area contributed by atoms with Gasteiger partial charge in [-0.05, 0) is 24.9 Å². The van der Waals surface area contributed by atoms with Gasteiger partial charge in [0.15, 0.2) is 9.84 Å². The number of nitrogens with zero attached hydrogens (tertiary/aromatic N) is 2. The van der Waals surface area contributed by atoms with Crippen LogP contribution in [-0.4, -0.2) is 81.1 Å². The molecule has 25 heavy (non-hydrogen) atoms. The van der Waals surface area contributed by atoms with Gasteiger partial charge in [-0.25, -0.2) is 8.42 Å². The second-order valence-corrected chi connectivity index (χ2v) is 9.01. The van der Waals surface area contributed by atoms with Crippen LogP contribution in [0.1, 0.15) is 12.0 Å². The molecule has 2 saturated heterocycles. The minimum atomic E-state index is -3.10. The summed E-state index contributed by atoms with van der Waals surface area (Å²) in [6, 6.07) is 9.99. The van der Waals surface area contributed by atoms with E-state index in [-0.39, 0.29) is 36.1 Å². The summed E-state index contributed by atoms with van der Waals surface area (Å²) < 4.78 is 29.3. The largest absolute Gasteiger partial charge is 0.375 e. The van der Waals surface area contributed by atoms with Crippen molar-refractivity contribution in [1.29, 1.82) is 0 Å². The number of fused-ring (bicyclic) bond motifs is 1. The van der Waals surface area contributed by atoms with E-state index < -0.39 is 9.84 Å². The van der Waals surface area contributed by atoms with E-state index in [1.54, 1.807) is 4.90 Å².